The van der Waals surface area contributed by atoms with Crippen LogP contribution in [0.1, 0.15) is 28.8 Å². The minimum Gasteiger partial charge on any atom is -0.293 e. The first kappa shape index (κ1) is 24.4. The first-order chi connectivity index (χ1) is 17.4. The van der Waals surface area contributed by atoms with Crippen LogP contribution in [0.25, 0.3) is 17.1 Å². The lowest BCUT2D eigenvalue weighted by Gasteiger charge is -2.16. The first-order valence-corrected chi connectivity index (χ1v) is 14.2. The van der Waals surface area contributed by atoms with E-state index in [1.165, 1.54) is 16.1 Å². The van der Waals surface area contributed by atoms with Gasteiger partial charge in [-0.1, -0.05) is 71.9 Å². The molecule has 7 nitrogen and oxygen atoms in total. The molecule has 5 rings (SSSR count). The van der Waals surface area contributed by atoms with Gasteiger partial charge in [0.15, 0.2) is 16.8 Å². The molecular formula is C27H26N4O3S2. The molecule has 1 aliphatic rings. The van der Waals surface area contributed by atoms with Crippen LogP contribution < -0.4 is 0 Å². The summed E-state index contributed by atoms with van der Waals surface area (Å²) in [5, 5.41) is 9.36. The molecule has 2 heterocycles. The van der Waals surface area contributed by atoms with E-state index in [4.69, 9.17) is 0 Å². The number of carbonyl (C=O) groups excluding carboxylic acids is 1. The maximum atomic E-state index is 13.2. The summed E-state index contributed by atoms with van der Waals surface area (Å²) < 4.78 is 29.7. The zero-order valence-corrected chi connectivity index (χ0v) is 21.5. The minimum absolute atomic E-state index is 0.00265. The zero-order valence-electron chi connectivity index (χ0n) is 19.9. The molecule has 9 heteroatoms. The van der Waals surface area contributed by atoms with Crippen LogP contribution in [0, 0.1) is 6.92 Å². The molecule has 3 aromatic carbocycles. The molecule has 0 amide bonds. The molecule has 1 aliphatic heterocycles. The van der Waals surface area contributed by atoms with Gasteiger partial charge in [0, 0.05) is 29.9 Å². The molecule has 1 aromatic heterocycles. The van der Waals surface area contributed by atoms with Crippen molar-refractivity contribution in [2.24, 2.45) is 0 Å². The van der Waals surface area contributed by atoms with Crippen molar-refractivity contribution in [2.75, 3.05) is 18.8 Å². The van der Waals surface area contributed by atoms with E-state index in [1.807, 2.05) is 72.2 Å². The third kappa shape index (κ3) is 5.00. The number of hydrogen-bond acceptors (Lipinski definition) is 6. The molecule has 0 atom stereocenters. The largest absolute Gasteiger partial charge is 0.293 e. The van der Waals surface area contributed by atoms with Crippen molar-refractivity contribution in [3.8, 4) is 17.1 Å². The fourth-order valence-corrected chi connectivity index (χ4v) is 6.60. The number of Topliss-reactive ketones (excluding diaryl/α,β-unsaturated/α-hetero) is 1. The van der Waals surface area contributed by atoms with E-state index in [1.54, 1.807) is 18.2 Å². The van der Waals surface area contributed by atoms with Gasteiger partial charge in [0.05, 0.1) is 10.6 Å². The maximum absolute atomic E-state index is 13.2. The van der Waals surface area contributed by atoms with Gasteiger partial charge in [-0.15, -0.1) is 10.2 Å². The Morgan fingerprint density at radius 2 is 1.64 bits per heavy atom. The average Bonchev–Trinajstić information content (AvgIpc) is 3.59. The van der Waals surface area contributed by atoms with Crippen LogP contribution in [0.2, 0.25) is 0 Å². The fraction of sp³-hybridized carbons (Fsp3) is 0.222. The van der Waals surface area contributed by atoms with Gasteiger partial charge in [0.2, 0.25) is 10.0 Å². The average molecular weight is 519 g/mol. The first-order valence-electron chi connectivity index (χ1n) is 11.8. The number of sulfonamides is 1. The van der Waals surface area contributed by atoms with E-state index in [-0.39, 0.29) is 16.4 Å². The molecule has 0 bridgehead atoms. The summed E-state index contributed by atoms with van der Waals surface area (Å²) in [5.41, 5.74) is 3.22. The lowest BCUT2D eigenvalue weighted by molar-refractivity contribution is 0.102. The number of ketones is 1. The van der Waals surface area contributed by atoms with Crippen LogP contribution in [0.5, 0.6) is 0 Å². The molecular weight excluding hydrogens is 492 g/mol. The summed E-state index contributed by atoms with van der Waals surface area (Å²) in [4.78, 5) is 13.0. The predicted octanol–water partition coefficient (Wildman–Crippen LogP) is 5.00. The highest BCUT2D eigenvalue weighted by Crippen LogP contribution is 2.30. The summed E-state index contributed by atoms with van der Waals surface area (Å²) >= 11 is 1.31. The van der Waals surface area contributed by atoms with Gasteiger partial charge in [-0.2, -0.15) is 4.31 Å². The van der Waals surface area contributed by atoms with Gasteiger partial charge in [0.1, 0.15) is 0 Å². The SMILES string of the molecule is Cc1ccc(C(=O)CSc2nnc(-c3cccc(S(=O)(=O)N4CCCC4)c3)n2-c2ccccc2)cc1. The number of rotatable bonds is 8. The van der Waals surface area contributed by atoms with Gasteiger partial charge in [0.25, 0.3) is 0 Å². The molecule has 0 radical (unpaired) electrons. The van der Waals surface area contributed by atoms with Crippen molar-refractivity contribution >= 4 is 27.6 Å². The van der Waals surface area contributed by atoms with Crippen molar-refractivity contribution < 1.29 is 13.2 Å². The quantitative estimate of drug-likeness (QED) is 0.241. The van der Waals surface area contributed by atoms with E-state index in [0.29, 0.717) is 35.2 Å². The van der Waals surface area contributed by atoms with E-state index in [9.17, 15) is 13.2 Å². The highest BCUT2D eigenvalue weighted by Gasteiger charge is 2.28. The Bertz CT molecular complexity index is 1480. The second-order valence-corrected chi connectivity index (χ2v) is 11.6. The summed E-state index contributed by atoms with van der Waals surface area (Å²) in [7, 11) is -3.57. The number of aromatic nitrogens is 3. The van der Waals surface area contributed by atoms with E-state index < -0.39 is 10.0 Å². The Morgan fingerprint density at radius 3 is 2.36 bits per heavy atom. The van der Waals surface area contributed by atoms with Crippen molar-refractivity contribution in [1.82, 2.24) is 19.1 Å². The van der Waals surface area contributed by atoms with Crippen molar-refractivity contribution in [1.29, 1.82) is 0 Å². The van der Waals surface area contributed by atoms with E-state index >= 15 is 0 Å². The second-order valence-electron chi connectivity index (χ2n) is 8.69. The molecule has 0 saturated carbocycles. The summed E-state index contributed by atoms with van der Waals surface area (Å²) in [6.45, 7) is 3.07. The third-order valence-electron chi connectivity index (χ3n) is 6.15. The number of thioether (sulfide) groups is 1. The highest BCUT2D eigenvalue weighted by molar-refractivity contribution is 7.99. The second kappa shape index (κ2) is 10.4. The van der Waals surface area contributed by atoms with Crippen molar-refractivity contribution in [3.05, 3.63) is 90.0 Å². The van der Waals surface area contributed by atoms with E-state index in [2.05, 4.69) is 10.2 Å². The monoisotopic (exact) mass is 518 g/mol. The Kier molecular flexibility index (Phi) is 7.04. The zero-order chi connectivity index (χ0) is 25.1. The van der Waals surface area contributed by atoms with Gasteiger partial charge in [-0.25, -0.2) is 8.42 Å². The highest BCUT2D eigenvalue weighted by atomic mass is 32.2. The Hall–Kier alpha value is -3.27. The molecule has 0 unspecified atom stereocenters. The maximum Gasteiger partial charge on any atom is 0.243 e. The third-order valence-corrected chi connectivity index (χ3v) is 8.97. The number of para-hydroxylation sites is 1. The van der Waals surface area contributed by atoms with Crippen LogP contribution in [-0.4, -0.2) is 52.1 Å². The topological polar surface area (TPSA) is 85.2 Å². The molecule has 184 valence electrons. The lowest BCUT2D eigenvalue weighted by Crippen LogP contribution is -2.27. The standard InChI is InChI=1S/C27H26N4O3S2/c1-20-12-14-21(15-13-20)25(32)19-35-27-29-28-26(31(27)23-9-3-2-4-10-23)22-8-7-11-24(18-22)36(33,34)30-16-5-6-17-30/h2-4,7-15,18H,5-6,16-17,19H2,1H3. The molecule has 36 heavy (non-hydrogen) atoms. The lowest BCUT2D eigenvalue weighted by atomic mass is 10.1. The van der Waals surface area contributed by atoms with Gasteiger partial charge in [-0.05, 0) is 44.0 Å². The molecule has 0 spiro atoms. The smallest absolute Gasteiger partial charge is 0.243 e. The van der Waals surface area contributed by atoms with Crippen molar-refractivity contribution in [2.45, 2.75) is 29.8 Å². The minimum atomic E-state index is -3.57. The number of carbonyl (C=O) groups is 1. The van der Waals surface area contributed by atoms with Crippen molar-refractivity contribution in [3.63, 3.8) is 0 Å². The van der Waals surface area contributed by atoms with Gasteiger partial charge >= 0.3 is 0 Å². The Labute approximate surface area is 215 Å². The van der Waals surface area contributed by atoms with Crippen LogP contribution in [0.3, 0.4) is 0 Å². The van der Waals surface area contributed by atoms with E-state index in [0.717, 1.165) is 24.1 Å². The Balaban J connectivity index is 1.49. The summed E-state index contributed by atoms with van der Waals surface area (Å²) in [5.74, 6) is 0.727. The van der Waals surface area contributed by atoms with Gasteiger partial charge < -0.3 is 0 Å². The van der Waals surface area contributed by atoms with Crippen LogP contribution in [0.4, 0.5) is 0 Å². The van der Waals surface area contributed by atoms with Gasteiger partial charge in [-0.3, -0.25) is 9.36 Å². The number of hydrogen-bond donors (Lipinski definition) is 0. The number of benzene rings is 3. The Morgan fingerprint density at radius 1 is 0.917 bits per heavy atom. The molecule has 1 fully saturated rings. The number of aryl methyl sites for hydroxylation is 1. The normalized spacial score (nSPS) is 14.2. The molecule has 1 saturated heterocycles. The number of nitrogens with zero attached hydrogens (tertiary/aromatic N) is 4. The molecule has 0 N–H and O–H groups in total. The summed E-state index contributed by atoms with van der Waals surface area (Å²) in [6, 6.07) is 24.0. The van der Waals surface area contributed by atoms with Crippen LogP contribution >= 0.6 is 11.8 Å². The molecule has 4 aromatic rings. The molecule has 0 aliphatic carbocycles. The van der Waals surface area contributed by atoms with Crippen LogP contribution in [0.15, 0.2) is 88.9 Å². The fourth-order valence-electron chi connectivity index (χ4n) is 4.19. The van der Waals surface area contributed by atoms with Crippen LogP contribution in [-0.2, 0) is 10.0 Å². The summed E-state index contributed by atoms with van der Waals surface area (Å²) in [6.07, 6.45) is 1.76. The predicted molar refractivity (Wildman–Crippen MR) is 141 cm³/mol.